The van der Waals surface area contributed by atoms with Gasteiger partial charge in [-0.1, -0.05) is 170 Å². The molecular formula is C50H78NNaO12S. The third-order valence-electron chi connectivity index (χ3n) is 11.4. The number of amides is 1. The third-order valence-corrected chi connectivity index (χ3v) is 11.9. The van der Waals surface area contributed by atoms with Crippen LogP contribution in [-0.4, -0.2) is 84.4 Å². The summed E-state index contributed by atoms with van der Waals surface area (Å²) in [5.41, 5.74) is 2.60. The van der Waals surface area contributed by atoms with Gasteiger partial charge in [0.25, 0.3) is 0 Å². The molecule has 0 aliphatic rings. The zero-order valence-electron chi connectivity index (χ0n) is 39.4. The van der Waals surface area contributed by atoms with Crippen molar-refractivity contribution in [2.45, 2.75) is 211 Å². The van der Waals surface area contributed by atoms with E-state index < -0.39 is 65.3 Å². The number of hydrogen-bond donors (Lipinski definition) is 3. The second-order valence-electron chi connectivity index (χ2n) is 17.0. The number of aldehydes is 1. The molecule has 2 aromatic rings. The number of aryl methyl sites for hydroxylation is 2. The fraction of sp³-hybridized carbons (Fsp3) is 0.680. The molecule has 2 rings (SSSR count). The molecule has 0 radical (unpaired) electrons. The van der Waals surface area contributed by atoms with E-state index in [9.17, 15) is 42.4 Å². The predicted octanol–water partition coefficient (Wildman–Crippen LogP) is 5.95. The Morgan fingerprint density at radius 2 is 1.08 bits per heavy atom. The molecular weight excluding hydrogens is 862 g/mol. The van der Waals surface area contributed by atoms with Gasteiger partial charge in [-0.3, -0.25) is 18.6 Å². The van der Waals surface area contributed by atoms with Crippen LogP contribution in [0.4, 0.5) is 0 Å². The van der Waals surface area contributed by atoms with E-state index in [-0.39, 0.29) is 55.1 Å². The van der Waals surface area contributed by atoms with Crippen LogP contribution in [0.3, 0.4) is 0 Å². The topological polar surface area (TPSA) is 206 Å². The Labute approximate surface area is 412 Å². The van der Waals surface area contributed by atoms with Crippen molar-refractivity contribution < 1.29 is 85.6 Å². The molecule has 15 heteroatoms. The van der Waals surface area contributed by atoms with Crippen molar-refractivity contribution in [2.24, 2.45) is 0 Å². The second-order valence-corrected chi connectivity index (χ2v) is 18.1. The first-order valence-corrected chi connectivity index (χ1v) is 25.4. The van der Waals surface area contributed by atoms with Crippen molar-refractivity contribution in [3.63, 3.8) is 0 Å². The van der Waals surface area contributed by atoms with Crippen molar-refractivity contribution in [3.8, 4) is 0 Å². The SMILES string of the molecule is CCCCCCCCCCC[C@@H](CC(=O)NC(C=O)C(OC(=O)CCCCCCCCc1ccccc1)C(OS(=O)(=O)[O-])C(O)CO)OC(=O)CCCCCCCCc1ccccc1.[Na+]. The van der Waals surface area contributed by atoms with Crippen molar-refractivity contribution in [2.75, 3.05) is 6.61 Å². The minimum atomic E-state index is -5.56. The van der Waals surface area contributed by atoms with E-state index in [1.165, 1.54) is 36.8 Å². The number of nitrogens with one attached hydrogen (secondary N) is 1. The van der Waals surface area contributed by atoms with Crippen LogP contribution >= 0.6 is 0 Å². The van der Waals surface area contributed by atoms with Crippen LogP contribution in [0.1, 0.15) is 179 Å². The number of aliphatic hydroxyl groups is 2. The molecule has 0 saturated carbocycles. The summed E-state index contributed by atoms with van der Waals surface area (Å²) in [7, 11) is -5.56. The largest absolute Gasteiger partial charge is 1.00 e. The molecule has 2 aromatic carbocycles. The molecule has 0 aromatic heterocycles. The van der Waals surface area contributed by atoms with Gasteiger partial charge in [0.05, 0.1) is 13.0 Å². The summed E-state index contributed by atoms with van der Waals surface area (Å²) >= 11 is 0. The summed E-state index contributed by atoms with van der Waals surface area (Å²) in [5.74, 6) is -2.11. The van der Waals surface area contributed by atoms with Crippen LogP contribution in [0.5, 0.6) is 0 Å². The maximum Gasteiger partial charge on any atom is 1.00 e. The number of hydrogen-bond acceptors (Lipinski definition) is 12. The molecule has 1 amide bonds. The maximum atomic E-state index is 13.5. The van der Waals surface area contributed by atoms with Gasteiger partial charge in [-0.05, 0) is 62.5 Å². The van der Waals surface area contributed by atoms with Gasteiger partial charge in [-0.15, -0.1) is 0 Å². The van der Waals surface area contributed by atoms with Crippen LogP contribution in [-0.2, 0) is 56.1 Å². The molecule has 4 unspecified atom stereocenters. The molecule has 0 fully saturated rings. The van der Waals surface area contributed by atoms with Crippen LogP contribution in [0.15, 0.2) is 60.7 Å². The maximum absolute atomic E-state index is 13.5. The summed E-state index contributed by atoms with van der Waals surface area (Å²) in [6.07, 6.45) is 15.4. The molecule has 0 aliphatic heterocycles. The number of benzene rings is 2. The van der Waals surface area contributed by atoms with Gasteiger partial charge in [0.1, 0.15) is 30.6 Å². The number of unbranched alkanes of at least 4 members (excludes halogenated alkanes) is 18. The zero-order valence-corrected chi connectivity index (χ0v) is 42.2. The number of carbonyl (C=O) groups excluding carboxylic acids is 4. The van der Waals surface area contributed by atoms with E-state index in [4.69, 9.17) is 9.47 Å². The van der Waals surface area contributed by atoms with Crippen LogP contribution in [0.2, 0.25) is 0 Å². The van der Waals surface area contributed by atoms with Gasteiger partial charge in [-0.25, -0.2) is 8.42 Å². The number of rotatable bonds is 40. The smallest absolute Gasteiger partial charge is 0.726 e. The summed E-state index contributed by atoms with van der Waals surface area (Å²) in [6, 6.07) is 18.7. The molecule has 5 atom stereocenters. The Morgan fingerprint density at radius 1 is 0.646 bits per heavy atom. The average Bonchev–Trinajstić information content (AvgIpc) is 3.28. The van der Waals surface area contributed by atoms with Crippen molar-refractivity contribution >= 4 is 34.5 Å². The summed E-state index contributed by atoms with van der Waals surface area (Å²) in [6.45, 7) is 1.06. The molecule has 0 spiro atoms. The fourth-order valence-electron chi connectivity index (χ4n) is 7.81. The van der Waals surface area contributed by atoms with Crippen molar-refractivity contribution in [1.29, 1.82) is 0 Å². The number of carbonyl (C=O) groups is 4. The molecule has 0 aliphatic carbocycles. The van der Waals surface area contributed by atoms with E-state index >= 15 is 0 Å². The van der Waals surface area contributed by atoms with Crippen molar-refractivity contribution in [3.05, 3.63) is 71.8 Å². The van der Waals surface area contributed by atoms with Gasteiger partial charge < -0.3 is 34.4 Å². The summed E-state index contributed by atoms with van der Waals surface area (Å²) in [4.78, 5) is 52.2. The van der Waals surface area contributed by atoms with E-state index in [0.717, 1.165) is 96.3 Å². The van der Waals surface area contributed by atoms with Gasteiger partial charge >= 0.3 is 41.5 Å². The van der Waals surface area contributed by atoms with E-state index in [2.05, 4.69) is 40.7 Å². The van der Waals surface area contributed by atoms with Gasteiger partial charge in [-0.2, -0.15) is 0 Å². The van der Waals surface area contributed by atoms with Gasteiger partial charge in [0.2, 0.25) is 16.3 Å². The van der Waals surface area contributed by atoms with Gasteiger partial charge in [0.15, 0.2) is 6.10 Å². The molecule has 65 heavy (non-hydrogen) atoms. The molecule has 362 valence electrons. The van der Waals surface area contributed by atoms with E-state index in [1.54, 1.807) is 0 Å². The quantitative estimate of drug-likeness (QED) is 0.0177. The monoisotopic (exact) mass is 940 g/mol. The Morgan fingerprint density at radius 3 is 1.52 bits per heavy atom. The number of ether oxygens (including phenoxy) is 2. The third kappa shape index (κ3) is 31.1. The van der Waals surface area contributed by atoms with E-state index in [0.29, 0.717) is 32.1 Å². The van der Waals surface area contributed by atoms with Gasteiger partial charge in [0, 0.05) is 12.8 Å². The first-order chi connectivity index (χ1) is 30.9. The standard InChI is InChI=1S/C50H79NO12S.Na/c1-2-3-4-5-6-7-8-15-26-35-43(61-47(56)36-27-16-11-9-13-20-29-41-31-22-18-23-32-41)38-46(55)51-44(39-52)49(50(45(54)40-53)63-64(58,59)60)62-48(57)37-28-17-12-10-14-21-30-42-33-24-19-25-34-42;/h18-19,22-25,31-34,39,43-45,49-50,53-54H,2-17,20-21,26-30,35-38,40H2,1H3,(H,51,55)(H,58,59,60);/q;+1/p-1/t43-,44?,45?,49?,50?;/m0./s1. The molecule has 13 nitrogen and oxygen atoms in total. The molecule has 3 N–H and O–H groups in total. The second kappa shape index (κ2) is 38.3. The summed E-state index contributed by atoms with van der Waals surface area (Å²) < 4.78 is 51.0. The molecule has 0 heterocycles. The van der Waals surface area contributed by atoms with Crippen LogP contribution < -0.4 is 34.9 Å². The van der Waals surface area contributed by atoms with Crippen LogP contribution in [0, 0.1) is 0 Å². The van der Waals surface area contributed by atoms with Crippen LogP contribution in [0.25, 0.3) is 0 Å². The normalized spacial score (nSPS) is 13.7. The number of aliphatic hydroxyl groups excluding tert-OH is 2. The Bertz CT molecular complexity index is 1640. The van der Waals surface area contributed by atoms with Crippen molar-refractivity contribution in [1.82, 2.24) is 5.32 Å². The van der Waals surface area contributed by atoms with E-state index in [1.807, 2.05) is 36.4 Å². The minimum absolute atomic E-state index is 0. The first kappa shape index (κ1) is 60.3. The Kier molecular flexibility index (Phi) is 35.5. The average molecular weight is 940 g/mol. The summed E-state index contributed by atoms with van der Waals surface area (Å²) in [5, 5.41) is 22.6. The zero-order chi connectivity index (χ0) is 46.7. The number of esters is 2. The Hall–Kier alpha value is -2.69. The fourth-order valence-corrected chi connectivity index (χ4v) is 8.32. The first-order valence-electron chi connectivity index (χ1n) is 24.1. The molecule has 0 saturated heterocycles. The Balaban J connectivity index is 0.0000211. The molecule has 0 bridgehead atoms. The minimum Gasteiger partial charge on any atom is -0.726 e. The predicted molar refractivity (Wildman–Crippen MR) is 247 cm³/mol.